The average Bonchev–Trinajstić information content (AvgIpc) is 2.71. The van der Waals surface area contributed by atoms with Crippen LogP contribution < -0.4 is 0 Å². The fraction of sp³-hybridized carbons (Fsp3) is 0.917. The molecule has 4 aliphatic carbocycles. The Morgan fingerprint density at radius 1 is 1.25 bits per heavy atom. The van der Waals surface area contributed by atoms with Crippen LogP contribution in [0.25, 0.3) is 0 Å². The van der Waals surface area contributed by atoms with E-state index >= 15 is 0 Å². The maximum atomic E-state index is 11.4. The largest absolute Gasteiger partial charge is 0.427 e. The molecule has 4 saturated carbocycles. The van der Waals surface area contributed by atoms with Crippen LogP contribution in [0.3, 0.4) is 0 Å². The fourth-order valence-corrected chi connectivity index (χ4v) is 5.31. The Labute approximate surface area is 99.1 Å². The van der Waals surface area contributed by atoms with E-state index in [1.54, 1.807) is 0 Å². The molecule has 0 radical (unpaired) electrons. The zero-order valence-corrected chi connectivity index (χ0v) is 9.79. The van der Waals surface area contributed by atoms with Crippen LogP contribution in [0.2, 0.25) is 0 Å². The standard InChI is InChI=1S/C12H15ClO3/c13-12(9(14)16-12)10-2-7-1-8(3-10)5-11(15,4-7)6-10/h7-8,15H,1-6H2/t7-,8+,10?,11?,12?. The van der Waals surface area contributed by atoms with Crippen LogP contribution in [0.1, 0.15) is 38.5 Å². The predicted octanol–water partition coefficient (Wildman–Crippen LogP) is 1.81. The topological polar surface area (TPSA) is 49.8 Å². The maximum Gasteiger partial charge on any atom is 0.369 e. The van der Waals surface area contributed by atoms with Crippen LogP contribution >= 0.6 is 11.6 Å². The van der Waals surface area contributed by atoms with Gasteiger partial charge in [-0.3, -0.25) is 0 Å². The number of hydrogen-bond acceptors (Lipinski definition) is 3. The molecule has 5 aliphatic rings. The van der Waals surface area contributed by atoms with Gasteiger partial charge in [0.1, 0.15) is 0 Å². The first-order chi connectivity index (χ1) is 7.45. The molecule has 88 valence electrons. The lowest BCUT2D eigenvalue weighted by molar-refractivity contribution is -0.175. The normalized spacial score (nSPS) is 62.2. The third kappa shape index (κ3) is 0.975. The minimum absolute atomic E-state index is 0.273. The van der Waals surface area contributed by atoms with Crippen molar-refractivity contribution in [1.29, 1.82) is 0 Å². The van der Waals surface area contributed by atoms with Crippen molar-refractivity contribution in [1.82, 2.24) is 0 Å². The highest BCUT2D eigenvalue weighted by Crippen LogP contribution is 2.69. The smallest absolute Gasteiger partial charge is 0.369 e. The molecule has 3 unspecified atom stereocenters. The van der Waals surface area contributed by atoms with E-state index in [0.29, 0.717) is 18.3 Å². The van der Waals surface area contributed by atoms with Crippen molar-refractivity contribution < 1.29 is 14.6 Å². The van der Waals surface area contributed by atoms with Gasteiger partial charge in [0.25, 0.3) is 5.06 Å². The number of halogens is 1. The van der Waals surface area contributed by atoms with Crippen molar-refractivity contribution in [2.24, 2.45) is 17.3 Å². The highest BCUT2D eigenvalue weighted by molar-refractivity contribution is 6.39. The van der Waals surface area contributed by atoms with E-state index in [1.165, 1.54) is 6.42 Å². The minimum Gasteiger partial charge on any atom is -0.427 e. The lowest BCUT2D eigenvalue weighted by Gasteiger charge is -2.60. The van der Waals surface area contributed by atoms with Gasteiger partial charge in [-0.15, -0.1) is 0 Å². The second-order valence-corrected chi connectivity index (χ2v) is 6.98. The Hall–Kier alpha value is -0.280. The van der Waals surface area contributed by atoms with Crippen molar-refractivity contribution >= 4 is 17.6 Å². The molecule has 5 atom stereocenters. The third-order valence-corrected chi connectivity index (χ3v) is 5.80. The molecule has 5 fully saturated rings. The van der Waals surface area contributed by atoms with Gasteiger partial charge in [-0.1, -0.05) is 11.6 Å². The van der Waals surface area contributed by atoms with Gasteiger partial charge >= 0.3 is 5.97 Å². The van der Waals surface area contributed by atoms with Crippen LogP contribution in [-0.4, -0.2) is 21.7 Å². The van der Waals surface area contributed by atoms with Crippen LogP contribution in [-0.2, 0) is 9.53 Å². The molecular weight excluding hydrogens is 228 g/mol. The van der Waals surface area contributed by atoms with E-state index in [1.807, 2.05) is 0 Å². The first-order valence-electron chi connectivity index (χ1n) is 6.10. The van der Waals surface area contributed by atoms with Crippen molar-refractivity contribution in [3.63, 3.8) is 0 Å². The molecule has 16 heavy (non-hydrogen) atoms. The predicted molar refractivity (Wildman–Crippen MR) is 56.7 cm³/mol. The van der Waals surface area contributed by atoms with Gasteiger partial charge in [-0.2, -0.15) is 0 Å². The fourth-order valence-electron chi connectivity index (χ4n) is 5.02. The second-order valence-electron chi connectivity index (χ2n) is 6.45. The summed E-state index contributed by atoms with van der Waals surface area (Å²) in [6, 6.07) is 0. The van der Waals surface area contributed by atoms with E-state index in [2.05, 4.69) is 0 Å². The first-order valence-corrected chi connectivity index (χ1v) is 6.47. The highest BCUT2D eigenvalue weighted by Gasteiger charge is 2.75. The number of carbonyl (C=O) groups is 1. The molecule has 0 aromatic carbocycles. The summed E-state index contributed by atoms with van der Waals surface area (Å²) in [5, 5.41) is 9.44. The highest BCUT2D eigenvalue weighted by atomic mass is 35.5. The molecule has 0 aromatic heterocycles. The van der Waals surface area contributed by atoms with Crippen LogP contribution in [0.5, 0.6) is 0 Å². The monoisotopic (exact) mass is 242 g/mol. The molecule has 1 N–H and O–H groups in total. The van der Waals surface area contributed by atoms with Crippen molar-refractivity contribution in [3.8, 4) is 0 Å². The summed E-state index contributed by atoms with van der Waals surface area (Å²) in [5.41, 5.74) is -0.845. The van der Waals surface area contributed by atoms with E-state index in [0.717, 1.165) is 25.7 Å². The molecule has 1 aliphatic heterocycles. The van der Waals surface area contributed by atoms with E-state index < -0.39 is 10.7 Å². The Morgan fingerprint density at radius 2 is 1.81 bits per heavy atom. The number of epoxide rings is 1. The molecule has 4 bridgehead atoms. The molecule has 0 amide bonds. The maximum absolute atomic E-state index is 11.4. The van der Waals surface area contributed by atoms with E-state index in [-0.39, 0.29) is 11.4 Å². The van der Waals surface area contributed by atoms with Crippen molar-refractivity contribution in [2.45, 2.75) is 49.2 Å². The summed E-state index contributed by atoms with van der Waals surface area (Å²) in [4.78, 5) is 11.4. The Bertz CT molecular complexity index is 380. The van der Waals surface area contributed by atoms with E-state index in [9.17, 15) is 9.90 Å². The number of aliphatic hydroxyl groups is 1. The number of carbonyl (C=O) groups excluding carboxylic acids is 1. The number of hydrogen-bond donors (Lipinski definition) is 1. The SMILES string of the molecule is O=C1OC1(Cl)C12C[C@@H]3C[C@@H](CC(O)(C3)C1)C2. The van der Waals surface area contributed by atoms with Gasteiger partial charge in [0.15, 0.2) is 0 Å². The van der Waals surface area contributed by atoms with Gasteiger partial charge in [0.2, 0.25) is 0 Å². The summed E-state index contributed by atoms with van der Waals surface area (Å²) >= 11 is 6.29. The summed E-state index contributed by atoms with van der Waals surface area (Å²) in [5.74, 6) is 0.803. The molecule has 3 nitrogen and oxygen atoms in total. The number of cyclic esters (lactones) is 1. The summed E-state index contributed by atoms with van der Waals surface area (Å²) in [7, 11) is 0. The Morgan fingerprint density at radius 3 is 2.25 bits per heavy atom. The number of rotatable bonds is 1. The molecule has 4 heteroatoms. The van der Waals surface area contributed by atoms with Crippen LogP contribution in [0.15, 0.2) is 0 Å². The molecule has 0 aromatic rings. The summed E-state index contributed by atoms with van der Waals surface area (Å²) in [6.45, 7) is 0. The quantitative estimate of drug-likeness (QED) is 0.564. The molecule has 5 rings (SSSR count). The summed E-state index contributed by atoms with van der Waals surface area (Å²) in [6.07, 6.45) is 5.56. The molecule has 1 saturated heterocycles. The summed E-state index contributed by atoms with van der Waals surface area (Å²) < 4.78 is 5.05. The van der Waals surface area contributed by atoms with Gasteiger partial charge in [-0.25, -0.2) is 4.79 Å². The number of ether oxygens (including phenoxy) is 1. The van der Waals surface area contributed by atoms with E-state index in [4.69, 9.17) is 16.3 Å². The second kappa shape index (κ2) is 2.44. The first kappa shape index (κ1) is 9.72. The van der Waals surface area contributed by atoms with Crippen LogP contribution in [0, 0.1) is 17.3 Å². The zero-order valence-electron chi connectivity index (χ0n) is 9.04. The molecule has 1 heterocycles. The van der Waals surface area contributed by atoms with Gasteiger partial charge in [0.05, 0.1) is 5.60 Å². The van der Waals surface area contributed by atoms with Gasteiger partial charge in [0, 0.05) is 5.41 Å². The van der Waals surface area contributed by atoms with Crippen LogP contribution in [0.4, 0.5) is 0 Å². The van der Waals surface area contributed by atoms with Gasteiger partial charge in [-0.05, 0) is 50.4 Å². The average molecular weight is 243 g/mol. The van der Waals surface area contributed by atoms with Crippen molar-refractivity contribution in [3.05, 3.63) is 0 Å². The third-order valence-electron chi connectivity index (χ3n) is 5.17. The lowest BCUT2D eigenvalue weighted by Crippen LogP contribution is -2.59. The minimum atomic E-state index is -1.08. The molecular formula is C12H15ClO3. The Balaban J connectivity index is 1.78. The molecule has 0 spiro atoms. The Kier molecular flexibility index (Phi) is 1.48. The zero-order chi connectivity index (χ0) is 11.2. The van der Waals surface area contributed by atoms with Gasteiger partial charge < -0.3 is 9.84 Å². The number of alkyl halides is 1. The lowest BCUT2D eigenvalue weighted by atomic mass is 9.47. The van der Waals surface area contributed by atoms with Crippen molar-refractivity contribution in [2.75, 3.05) is 0 Å².